The molecule has 3 rings (SSSR count). The molecule has 2 aliphatic heterocycles. The summed E-state index contributed by atoms with van der Waals surface area (Å²) in [6.45, 7) is 2.45. The van der Waals surface area contributed by atoms with Crippen LogP contribution in [0.4, 0.5) is 0 Å². The molecule has 0 fully saturated rings. The Balaban J connectivity index is 2.28. The maximum Gasteiger partial charge on any atom is 0.339 e. The number of hydrogen-bond donors (Lipinski definition) is 1. The van der Waals surface area contributed by atoms with Gasteiger partial charge in [-0.05, 0) is 6.92 Å². The number of carboxylic acid groups (broad SMARTS) is 1. The molecule has 19 heavy (non-hydrogen) atoms. The number of ether oxygens (including phenoxy) is 2. The van der Waals surface area contributed by atoms with Crippen molar-refractivity contribution in [1.82, 2.24) is 0 Å². The molecule has 0 aliphatic carbocycles. The largest absolute Gasteiger partial charge is 0.493 e. The molecule has 0 amide bonds. The Hall–Kier alpha value is -2.04. The number of carbonyl (C=O) groups excluding carboxylic acids is 1. The lowest BCUT2D eigenvalue weighted by molar-refractivity contribution is -0.116. The molecular weight excluding hydrogens is 248 g/mol. The molecular formula is C14H14O5. The predicted octanol–water partition coefficient (Wildman–Crippen LogP) is 1.39. The van der Waals surface area contributed by atoms with Crippen molar-refractivity contribution in [2.45, 2.75) is 26.2 Å². The Morgan fingerprint density at radius 3 is 2.37 bits per heavy atom. The van der Waals surface area contributed by atoms with Gasteiger partial charge in [0, 0.05) is 36.0 Å². The number of rotatable bonds is 3. The number of aromatic carboxylic acids is 1. The highest BCUT2D eigenvalue weighted by molar-refractivity contribution is 5.96. The molecule has 1 aromatic carbocycles. The summed E-state index contributed by atoms with van der Waals surface area (Å²) in [5.41, 5.74) is 2.53. The maximum atomic E-state index is 11.5. The minimum atomic E-state index is -0.991. The van der Waals surface area contributed by atoms with Gasteiger partial charge in [0.15, 0.2) is 0 Å². The third-order valence-corrected chi connectivity index (χ3v) is 3.55. The molecule has 5 heteroatoms. The maximum absolute atomic E-state index is 11.5. The Morgan fingerprint density at radius 2 is 1.74 bits per heavy atom. The van der Waals surface area contributed by atoms with E-state index < -0.39 is 5.97 Å². The average Bonchev–Trinajstić information content (AvgIpc) is 2.95. The molecule has 5 nitrogen and oxygen atoms in total. The quantitative estimate of drug-likeness (QED) is 0.891. The summed E-state index contributed by atoms with van der Waals surface area (Å²) in [4.78, 5) is 22.9. The fraction of sp³-hybridized carbons (Fsp3) is 0.429. The van der Waals surface area contributed by atoms with Crippen LogP contribution in [0.3, 0.4) is 0 Å². The normalized spacial score (nSPS) is 15.4. The zero-order chi connectivity index (χ0) is 13.6. The van der Waals surface area contributed by atoms with Crippen molar-refractivity contribution in [2.75, 3.05) is 13.2 Å². The summed E-state index contributed by atoms with van der Waals surface area (Å²) in [6.07, 6.45) is 1.46. The number of fused-ring (bicyclic) bond motifs is 2. The lowest BCUT2D eigenvalue weighted by Crippen LogP contribution is -2.08. The second-order valence-electron chi connectivity index (χ2n) is 4.85. The highest BCUT2D eigenvalue weighted by Gasteiger charge is 2.34. The number of carboxylic acids is 1. The van der Waals surface area contributed by atoms with E-state index in [2.05, 4.69) is 0 Å². The van der Waals surface area contributed by atoms with Crippen LogP contribution < -0.4 is 9.47 Å². The summed E-state index contributed by atoms with van der Waals surface area (Å²) in [5, 5.41) is 9.38. The molecule has 1 aromatic rings. The van der Waals surface area contributed by atoms with E-state index in [4.69, 9.17) is 9.47 Å². The highest BCUT2D eigenvalue weighted by atomic mass is 16.5. The van der Waals surface area contributed by atoms with Crippen LogP contribution in [0.15, 0.2) is 0 Å². The van der Waals surface area contributed by atoms with Gasteiger partial charge in [0.05, 0.1) is 13.2 Å². The van der Waals surface area contributed by atoms with Crippen LogP contribution in [-0.4, -0.2) is 30.1 Å². The Kier molecular flexibility index (Phi) is 2.69. The van der Waals surface area contributed by atoms with E-state index in [9.17, 15) is 14.7 Å². The van der Waals surface area contributed by atoms with Crippen molar-refractivity contribution in [3.8, 4) is 11.5 Å². The third kappa shape index (κ3) is 1.77. The van der Waals surface area contributed by atoms with Gasteiger partial charge in [0.2, 0.25) is 0 Å². The first-order valence-corrected chi connectivity index (χ1v) is 6.28. The number of carbonyl (C=O) groups is 2. The molecule has 1 N–H and O–H groups in total. The van der Waals surface area contributed by atoms with Gasteiger partial charge in [-0.2, -0.15) is 0 Å². The zero-order valence-electron chi connectivity index (χ0n) is 10.6. The van der Waals surface area contributed by atoms with Crippen LogP contribution in [0.1, 0.15) is 34.0 Å². The summed E-state index contributed by atoms with van der Waals surface area (Å²) < 4.78 is 11.1. The Labute approximate surface area is 110 Å². The van der Waals surface area contributed by atoms with Gasteiger partial charge in [-0.3, -0.25) is 4.79 Å². The fourth-order valence-corrected chi connectivity index (χ4v) is 2.87. The van der Waals surface area contributed by atoms with Crippen molar-refractivity contribution in [2.24, 2.45) is 0 Å². The van der Waals surface area contributed by atoms with Crippen molar-refractivity contribution in [1.29, 1.82) is 0 Å². The molecule has 0 saturated carbocycles. The van der Waals surface area contributed by atoms with Gasteiger partial charge in [-0.15, -0.1) is 0 Å². The minimum Gasteiger partial charge on any atom is -0.493 e. The van der Waals surface area contributed by atoms with E-state index >= 15 is 0 Å². The number of hydrogen-bond acceptors (Lipinski definition) is 4. The van der Waals surface area contributed by atoms with E-state index in [1.54, 1.807) is 0 Å². The number of Topliss-reactive ketones (excluding diaryl/α,β-unsaturated/α-hetero) is 1. The molecule has 0 spiro atoms. The minimum absolute atomic E-state index is 0.0369. The summed E-state index contributed by atoms with van der Waals surface area (Å²) in [6, 6.07) is 0. The number of ketones is 1. The first kappa shape index (κ1) is 12.0. The highest BCUT2D eigenvalue weighted by Crippen LogP contribution is 2.44. The van der Waals surface area contributed by atoms with E-state index in [1.165, 1.54) is 6.92 Å². The van der Waals surface area contributed by atoms with Gasteiger partial charge in [-0.1, -0.05) is 0 Å². The SMILES string of the molecule is CC(=O)Cc1c2c(c(C(=O)O)c3c1OCC3)OCC2. The zero-order valence-corrected chi connectivity index (χ0v) is 10.6. The lowest BCUT2D eigenvalue weighted by Gasteiger charge is -2.14. The first-order valence-electron chi connectivity index (χ1n) is 6.28. The third-order valence-electron chi connectivity index (χ3n) is 3.55. The average molecular weight is 262 g/mol. The lowest BCUT2D eigenvalue weighted by atomic mass is 9.92. The molecule has 0 bridgehead atoms. The van der Waals surface area contributed by atoms with Crippen LogP contribution in [0, 0.1) is 0 Å². The molecule has 100 valence electrons. The van der Waals surface area contributed by atoms with Crippen molar-refractivity contribution >= 4 is 11.8 Å². The molecule has 0 saturated heterocycles. The topological polar surface area (TPSA) is 72.8 Å². The number of benzene rings is 1. The molecule has 0 radical (unpaired) electrons. The first-order chi connectivity index (χ1) is 9.09. The Bertz CT molecular complexity index is 553. The second kappa shape index (κ2) is 4.26. The molecule has 0 aromatic heterocycles. The van der Waals surface area contributed by atoms with E-state index in [1.807, 2.05) is 0 Å². The van der Waals surface area contributed by atoms with Crippen LogP contribution in [-0.2, 0) is 24.1 Å². The van der Waals surface area contributed by atoms with Gasteiger partial charge < -0.3 is 14.6 Å². The van der Waals surface area contributed by atoms with Crippen LogP contribution in [0.2, 0.25) is 0 Å². The van der Waals surface area contributed by atoms with Crippen LogP contribution in [0.5, 0.6) is 11.5 Å². The summed E-state index contributed by atoms with van der Waals surface area (Å²) in [5.74, 6) is 0.0778. The van der Waals surface area contributed by atoms with E-state index in [0.717, 1.165) is 11.1 Å². The van der Waals surface area contributed by atoms with Crippen molar-refractivity contribution < 1.29 is 24.2 Å². The molecule has 2 heterocycles. The van der Waals surface area contributed by atoms with Crippen molar-refractivity contribution in [3.05, 3.63) is 22.3 Å². The van der Waals surface area contributed by atoms with E-state index in [0.29, 0.717) is 43.1 Å². The van der Waals surface area contributed by atoms with Crippen LogP contribution >= 0.6 is 0 Å². The smallest absolute Gasteiger partial charge is 0.339 e. The van der Waals surface area contributed by atoms with Crippen molar-refractivity contribution in [3.63, 3.8) is 0 Å². The fourth-order valence-electron chi connectivity index (χ4n) is 2.87. The summed E-state index contributed by atoms with van der Waals surface area (Å²) in [7, 11) is 0. The molecule has 0 unspecified atom stereocenters. The van der Waals surface area contributed by atoms with Gasteiger partial charge >= 0.3 is 5.97 Å². The predicted molar refractivity (Wildman–Crippen MR) is 66.2 cm³/mol. The van der Waals surface area contributed by atoms with Gasteiger partial charge in [0.1, 0.15) is 22.8 Å². The Morgan fingerprint density at radius 1 is 1.11 bits per heavy atom. The monoisotopic (exact) mass is 262 g/mol. The van der Waals surface area contributed by atoms with Gasteiger partial charge in [0.25, 0.3) is 0 Å². The standard InChI is InChI=1S/C14H14O5/c1-7(15)6-10-8-2-4-19-13(8)11(14(16)17)9-3-5-18-12(9)10/h2-6H2,1H3,(H,16,17). The van der Waals surface area contributed by atoms with Gasteiger partial charge in [-0.25, -0.2) is 4.79 Å². The van der Waals surface area contributed by atoms with Crippen LogP contribution in [0.25, 0.3) is 0 Å². The summed E-state index contributed by atoms with van der Waals surface area (Å²) >= 11 is 0. The molecule has 2 aliphatic rings. The molecule has 0 atom stereocenters. The van der Waals surface area contributed by atoms with E-state index in [-0.39, 0.29) is 17.8 Å². The second-order valence-corrected chi connectivity index (χ2v) is 4.85.